The number of nitrogens with one attached hydrogen (secondary N) is 2. The number of nitrogens with zero attached hydrogens (tertiary/aromatic N) is 2. The summed E-state index contributed by atoms with van der Waals surface area (Å²) >= 11 is 0.976. The summed E-state index contributed by atoms with van der Waals surface area (Å²) in [6, 6.07) is 5.27. The number of hydrogen-bond acceptors (Lipinski definition) is 13. The second-order valence-electron chi connectivity index (χ2n) is 11.4. The number of aryl methyl sites for hydroxylation is 1. The highest BCUT2D eigenvalue weighted by Gasteiger charge is 2.53. The van der Waals surface area contributed by atoms with Crippen molar-refractivity contribution in [3.63, 3.8) is 0 Å². The first-order valence-electron chi connectivity index (χ1n) is 14.4. The lowest BCUT2D eigenvalue weighted by atomic mass is 9.84. The van der Waals surface area contributed by atoms with Gasteiger partial charge in [0, 0.05) is 53.9 Å². The number of thiazole rings is 1. The third-order valence-electron chi connectivity index (χ3n) is 7.55. The first kappa shape index (κ1) is 36.4. The fourth-order valence-electron chi connectivity index (χ4n) is 4.70. The standard InChI is InChI=1S/C30H31N5O12S2/c1-30(2,28(42)43)47-13-19(20-14-48-29(31)34-20)23(37)10-18-21(35(27(18)41)49(44,45)46)11-33-26(40)16-5-3-15(4-6-16)22(36)8-7-17-9-24(38)25(39)12-32-17/h3-6,9,12-14,18,21,39H,7-8,10-11H2,1-2H3,(H2,31,34)(H,32,38)(H,33,40)(H,42,43)(H,44,45,46)/b19-13-/t18-,21+/m0/s1. The molecule has 1 aliphatic heterocycles. The van der Waals surface area contributed by atoms with Gasteiger partial charge in [-0.05, 0) is 32.4 Å². The van der Waals surface area contributed by atoms with Crippen LogP contribution in [0.5, 0.6) is 5.75 Å². The summed E-state index contributed by atoms with van der Waals surface area (Å²) in [5.74, 6) is -6.03. The van der Waals surface area contributed by atoms with Crippen molar-refractivity contribution in [1.29, 1.82) is 0 Å². The molecule has 49 heavy (non-hydrogen) atoms. The van der Waals surface area contributed by atoms with Gasteiger partial charge in [0.25, 0.3) is 5.91 Å². The molecule has 1 aliphatic rings. The minimum atomic E-state index is -5.08. The summed E-state index contributed by atoms with van der Waals surface area (Å²) in [6.07, 6.45) is 1.57. The summed E-state index contributed by atoms with van der Waals surface area (Å²) in [5.41, 5.74) is 3.89. The number of aromatic nitrogens is 2. The molecule has 0 aliphatic carbocycles. The number of carbonyl (C=O) groups is 5. The summed E-state index contributed by atoms with van der Waals surface area (Å²) in [4.78, 5) is 81.5. The average molecular weight is 718 g/mol. The van der Waals surface area contributed by atoms with Gasteiger partial charge >= 0.3 is 16.3 Å². The predicted molar refractivity (Wildman–Crippen MR) is 173 cm³/mol. The number of allylic oxidation sites excluding steroid dienone is 1. The van der Waals surface area contributed by atoms with Crippen LogP contribution in [-0.4, -0.2) is 85.0 Å². The second kappa shape index (κ2) is 14.4. The third-order valence-corrected chi connectivity index (χ3v) is 9.17. The van der Waals surface area contributed by atoms with Gasteiger partial charge < -0.3 is 31.0 Å². The van der Waals surface area contributed by atoms with Crippen LogP contribution < -0.4 is 16.5 Å². The van der Waals surface area contributed by atoms with E-state index in [1.54, 1.807) is 0 Å². The van der Waals surface area contributed by atoms with Crippen molar-refractivity contribution >= 4 is 61.7 Å². The number of aliphatic carboxylic acids is 1. The van der Waals surface area contributed by atoms with Crippen molar-refractivity contribution in [2.75, 3.05) is 12.3 Å². The summed E-state index contributed by atoms with van der Waals surface area (Å²) in [6.45, 7) is 1.96. The Morgan fingerprint density at radius 1 is 1.16 bits per heavy atom. The van der Waals surface area contributed by atoms with Crippen molar-refractivity contribution in [2.45, 2.75) is 44.8 Å². The Morgan fingerprint density at radius 2 is 1.82 bits per heavy atom. The zero-order valence-corrected chi connectivity index (χ0v) is 27.5. The first-order valence-corrected chi connectivity index (χ1v) is 16.7. The lowest BCUT2D eigenvalue weighted by Gasteiger charge is -2.44. The maximum absolute atomic E-state index is 13.4. The number of nitrogen functional groups attached to an aromatic ring is 1. The average Bonchev–Trinajstić information content (AvgIpc) is 3.46. The van der Waals surface area contributed by atoms with E-state index in [0.29, 0.717) is 5.69 Å². The number of carbonyl (C=O) groups excluding carboxylic acids is 4. The minimum Gasteiger partial charge on any atom is -0.503 e. The molecule has 2 amide bonds. The Bertz CT molecular complexity index is 2000. The number of aromatic hydroxyl groups is 1. The molecule has 0 unspecified atom stereocenters. The fraction of sp³-hybridized carbons (Fsp3) is 0.300. The molecule has 3 heterocycles. The molecule has 2 atom stereocenters. The molecule has 0 saturated carbocycles. The Kier molecular flexibility index (Phi) is 10.7. The van der Waals surface area contributed by atoms with Gasteiger partial charge in [0.15, 0.2) is 28.0 Å². The minimum absolute atomic E-state index is 0.0176. The van der Waals surface area contributed by atoms with Gasteiger partial charge in [-0.2, -0.15) is 8.42 Å². The second-order valence-corrected chi connectivity index (χ2v) is 13.5. The molecule has 2 aromatic heterocycles. The zero-order valence-electron chi connectivity index (χ0n) is 25.9. The molecule has 19 heteroatoms. The van der Waals surface area contributed by atoms with Crippen molar-refractivity contribution in [1.82, 2.24) is 19.6 Å². The molecule has 0 bridgehead atoms. The number of anilines is 1. The number of ether oxygens (including phenoxy) is 1. The van der Waals surface area contributed by atoms with Crippen LogP contribution >= 0.6 is 11.3 Å². The molecule has 1 saturated heterocycles. The van der Waals surface area contributed by atoms with E-state index in [0.717, 1.165) is 23.8 Å². The van der Waals surface area contributed by atoms with Crippen LogP contribution in [0.15, 0.2) is 53.0 Å². The van der Waals surface area contributed by atoms with Gasteiger partial charge in [-0.3, -0.25) is 28.5 Å². The largest absolute Gasteiger partial charge is 0.503 e. The van der Waals surface area contributed by atoms with Crippen LogP contribution in [0.3, 0.4) is 0 Å². The highest BCUT2D eigenvalue weighted by molar-refractivity contribution is 7.84. The molecule has 1 aromatic carbocycles. The number of benzene rings is 1. The molecule has 1 fully saturated rings. The SMILES string of the molecule is CC(C)(O/C=C(\C(=O)C[C@@H]1C(=O)N(S(=O)(=O)O)[C@@H]1CNC(=O)c1ccc(C(=O)CCc2cc(=O)c(O)c[nH]2)cc1)c1csc(N)n1)C(=O)O. The van der Waals surface area contributed by atoms with Gasteiger partial charge in [-0.15, -0.1) is 11.3 Å². The highest BCUT2D eigenvalue weighted by Crippen LogP contribution is 2.34. The fourth-order valence-corrected chi connectivity index (χ4v) is 6.19. The molecule has 7 N–H and O–H groups in total. The molecular formula is C30H31N5O12S2. The van der Waals surface area contributed by atoms with Crippen LogP contribution in [-0.2, 0) is 35.8 Å². The first-order chi connectivity index (χ1) is 22.9. The number of nitrogens with two attached hydrogens (primary N) is 1. The van der Waals surface area contributed by atoms with E-state index in [4.69, 9.17) is 10.5 Å². The summed E-state index contributed by atoms with van der Waals surface area (Å²) < 4.78 is 39.1. The van der Waals surface area contributed by atoms with Gasteiger partial charge in [0.05, 0.1) is 29.5 Å². The van der Waals surface area contributed by atoms with E-state index < -0.39 is 75.6 Å². The van der Waals surface area contributed by atoms with Gasteiger partial charge in [-0.25, -0.2) is 14.1 Å². The topological polar surface area (TPSA) is 276 Å². The number of aromatic amines is 1. The van der Waals surface area contributed by atoms with Crippen LogP contribution in [0, 0.1) is 5.92 Å². The number of ketones is 2. The number of Topliss-reactive ketones (excluding diaryl/α,β-unsaturated/α-hetero) is 2. The molecule has 0 spiro atoms. The van der Waals surface area contributed by atoms with Crippen LogP contribution in [0.2, 0.25) is 0 Å². The van der Waals surface area contributed by atoms with Crippen molar-refractivity contribution in [3.8, 4) is 5.75 Å². The summed E-state index contributed by atoms with van der Waals surface area (Å²) in [5, 5.41) is 22.6. The van der Waals surface area contributed by atoms with E-state index in [1.165, 1.54) is 49.6 Å². The number of carboxylic acids is 1. The monoisotopic (exact) mass is 717 g/mol. The van der Waals surface area contributed by atoms with E-state index in [-0.39, 0.29) is 50.5 Å². The quantitative estimate of drug-likeness (QED) is 0.0424. The molecule has 4 rings (SSSR count). The van der Waals surface area contributed by atoms with E-state index >= 15 is 0 Å². The Hall–Kier alpha value is -5.40. The Balaban J connectivity index is 1.44. The molecule has 0 radical (unpaired) electrons. The maximum Gasteiger partial charge on any atom is 0.362 e. The Morgan fingerprint density at radius 3 is 2.39 bits per heavy atom. The molecule has 3 aromatic rings. The number of hydrogen-bond donors (Lipinski definition) is 6. The van der Waals surface area contributed by atoms with Crippen molar-refractivity contribution < 1.29 is 51.9 Å². The van der Waals surface area contributed by atoms with E-state index in [9.17, 15) is 52.0 Å². The highest BCUT2D eigenvalue weighted by atomic mass is 32.2. The number of β-lactam (4-membered cyclic amide) rings is 1. The van der Waals surface area contributed by atoms with Gasteiger partial charge in [-0.1, -0.05) is 12.1 Å². The Labute approximate surface area is 282 Å². The van der Waals surface area contributed by atoms with Crippen LogP contribution in [0.4, 0.5) is 5.13 Å². The number of amides is 2. The molecule has 17 nitrogen and oxygen atoms in total. The summed E-state index contributed by atoms with van der Waals surface area (Å²) in [7, 11) is -5.08. The maximum atomic E-state index is 13.4. The van der Waals surface area contributed by atoms with Crippen LogP contribution in [0.1, 0.15) is 58.8 Å². The number of H-pyrrole nitrogens is 1. The zero-order chi connectivity index (χ0) is 36.3. The third kappa shape index (κ3) is 8.55. The van der Waals surface area contributed by atoms with E-state index in [1.807, 2.05) is 0 Å². The lowest BCUT2D eigenvalue weighted by Crippen LogP contribution is -2.66. The molecule has 260 valence electrons. The lowest BCUT2D eigenvalue weighted by molar-refractivity contribution is -0.155. The van der Waals surface area contributed by atoms with Crippen molar-refractivity contribution in [2.24, 2.45) is 5.92 Å². The van der Waals surface area contributed by atoms with Gasteiger partial charge in [0.1, 0.15) is 0 Å². The van der Waals surface area contributed by atoms with Crippen LogP contribution in [0.25, 0.3) is 5.57 Å². The van der Waals surface area contributed by atoms with Crippen molar-refractivity contribution in [3.05, 3.63) is 80.9 Å². The number of carboxylic acid groups (broad SMARTS) is 1. The number of pyridine rings is 1. The van der Waals surface area contributed by atoms with Gasteiger partial charge in [0.2, 0.25) is 11.3 Å². The van der Waals surface area contributed by atoms with E-state index in [2.05, 4.69) is 15.3 Å². The number of rotatable bonds is 15. The predicted octanol–water partition coefficient (Wildman–Crippen LogP) is 1.17. The molecular weight excluding hydrogens is 686 g/mol. The smallest absolute Gasteiger partial charge is 0.362 e. The normalized spacial score (nSPS) is 16.5.